The Kier molecular flexibility index (Phi) is 49.0. The van der Waals surface area contributed by atoms with E-state index in [2.05, 4.69) is 130 Å². The van der Waals surface area contributed by atoms with Crippen molar-refractivity contribution in [3.63, 3.8) is 0 Å². The molecule has 0 saturated heterocycles. The van der Waals surface area contributed by atoms with Gasteiger partial charge in [0.1, 0.15) is 6.61 Å². The summed E-state index contributed by atoms with van der Waals surface area (Å²) in [6, 6.07) is 0. The minimum atomic E-state index is -0.576. The lowest BCUT2D eigenvalue weighted by Crippen LogP contribution is -2.30. The van der Waals surface area contributed by atoms with Crippen molar-refractivity contribution in [2.45, 2.75) is 219 Å². The summed E-state index contributed by atoms with van der Waals surface area (Å²) in [5, 5.41) is 0. The van der Waals surface area contributed by atoms with Crippen LogP contribution in [0.15, 0.2) is 109 Å². The van der Waals surface area contributed by atoms with E-state index in [-0.39, 0.29) is 25.2 Å². The third kappa shape index (κ3) is 49.2. The highest BCUT2D eigenvalue weighted by Gasteiger charge is 2.17. The minimum absolute atomic E-state index is 0.0411. The molecule has 0 aromatic heterocycles. The molecular formula is C57H94O5. The Morgan fingerprint density at radius 3 is 1.23 bits per heavy atom. The molecule has 0 spiro atoms. The van der Waals surface area contributed by atoms with Crippen LogP contribution in [-0.4, -0.2) is 37.9 Å². The van der Waals surface area contributed by atoms with Gasteiger partial charge < -0.3 is 14.2 Å². The molecule has 0 aliphatic heterocycles. The van der Waals surface area contributed by atoms with Crippen molar-refractivity contribution in [1.29, 1.82) is 0 Å². The fraction of sp³-hybridized carbons (Fsp3) is 0.649. The SMILES string of the molecule is CC/C=C\C/C=C\C/C=C\C/C=C\C/C=C\CCCC(=O)OCC(COCCCCCCCC/C=C\C/C=C\C/C=C\CC)OC(=O)CCCCCCC/C=C\CCCCCC. The summed E-state index contributed by atoms with van der Waals surface area (Å²) in [7, 11) is 0. The third-order valence-corrected chi connectivity index (χ3v) is 10.3. The summed E-state index contributed by atoms with van der Waals surface area (Å²) in [4.78, 5) is 25.4. The van der Waals surface area contributed by atoms with E-state index in [9.17, 15) is 9.59 Å². The van der Waals surface area contributed by atoms with Gasteiger partial charge in [0, 0.05) is 19.4 Å². The van der Waals surface area contributed by atoms with E-state index >= 15 is 0 Å². The van der Waals surface area contributed by atoms with Crippen LogP contribution in [0.4, 0.5) is 0 Å². The first-order chi connectivity index (χ1) is 30.6. The molecule has 0 saturated carbocycles. The zero-order valence-corrected chi connectivity index (χ0v) is 40.3. The number of esters is 2. The van der Waals surface area contributed by atoms with Gasteiger partial charge >= 0.3 is 11.9 Å². The van der Waals surface area contributed by atoms with Gasteiger partial charge in [-0.1, -0.05) is 194 Å². The molecule has 0 aliphatic rings. The van der Waals surface area contributed by atoms with Gasteiger partial charge in [0.15, 0.2) is 6.10 Å². The summed E-state index contributed by atoms with van der Waals surface area (Å²) in [6.45, 7) is 7.48. The van der Waals surface area contributed by atoms with Gasteiger partial charge in [-0.2, -0.15) is 0 Å². The van der Waals surface area contributed by atoms with Gasteiger partial charge in [-0.3, -0.25) is 9.59 Å². The molecule has 0 N–H and O–H groups in total. The molecule has 0 bridgehead atoms. The van der Waals surface area contributed by atoms with Crippen LogP contribution in [0.2, 0.25) is 0 Å². The third-order valence-electron chi connectivity index (χ3n) is 10.3. The van der Waals surface area contributed by atoms with Gasteiger partial charge in [-0.05, 0) is 116 Å². The second-order valence-corrected chi connectivity index (χ2v) is 16.3. The summed E-state index contributed by atoms with van der Waals surface area (Å²) in [6.07, 6.45) is 71.0. The quantitative estimate of drug-likeness (QED) is 0.0347. The highest BCUT2D eigenvalue weighted by Crippen LogP contribution is 2.12. The van der Waals surface area contributed by atoms with Gasteiger partial charge in [-0.25, -0.2) is 0 Å². The monoisotopic (exact) mass is 859 g/mol. The lowest BCUT2D eigenvalue weighted by atomic mass is 10.1. The van der Waals surface area contributed by atoms with Crippen molar-refractivity contribution in [3.05, 3.63) is 109 Å². The Labute approximate surface area is 383 Å². The smallest absolute Gasteiger partial charge is 0.306 e. The summed E-state index contributed by atoms with van der Waals surface area (Å²) >= 11 is 0. The number of unbranched alkanes of at least 4 members (excludes halogenated alkanes) is 16. The van der Waals surface area contributed by atoms with Crippen LogP contribution in [-0.2, 0) is 23.8 Å². The standard InChI is InChI=1S/C57H94O5/c1-4-7-10-13-16-19-22-25-27-29-30-33-35-38-41-44-47-50-56(58)61-54-55(62-57(59)51-48-45-42-39-36-32-24-21-18-15-12-9-6-3)53-60-52-49-46-43-40-37-34-31-28-26-23-20-17-14-11-8-5-2/h7-8,10-11,16-17,19-21,24-28,30,33,38,41,55H,4-6,9,12-15,18,22-23,29,31-32,34-37,39-40,42-54H2,1-3H3/b10-7-,11-8-,19-16-,20-17-,24-21-,27-25-,28-26-,33-30-,41-38-. The van der Waals surface area contributed by atoms with E-state index in [0.717, 1.165) is 109 Å². The van der Waals surface area contributed by atoms with Crippen LogP contribution >= 0.6 is 0 Å². The fourth-order valence-corrected chi connectivity index (χ4v) is 6.55. The van der Waals surface area contributed by atoms with Gasteiger partial charge in [0.2, 0.25) is 0 Å². The van der Waals surface area contributed by atoms with Crippen molar-refractivity contribution in [3.8, 4) is 0 Å². The number of ether oxygens (including phenoxy) is 3. The molecule has 352 valence electrons. The molecule has 1 atom stereocenters. The lowest BCUT2D eigenvalue weighted by Gasteiger charge is -2.18. The number of rotatable bonds is 45. The summed E-state index contributed by atoms with van der Waals surface area (Å²) in [5.41, 5.74) is 0. The molecule has 1 unspecified atom stereocenters. The van der Waals surface area contributed by atoms with E-state index < -0.39 is 6.10 Å². The predicted molar refractivity (Wildman–Crippen MR) is 269 cm³/mol. The van der Waals surface area contributed by atoms with E-state index in [1.54, 1.807) is 0 Å². The largest absolute Gasteiger partial charge is 0.462 e. The maximum Gasteiger partial charge on any atom is 0.306 e. The molecule has 0 heterocycles. The number of hydrogen-bond donors (Lipinski definition) is 0. The molecular weight excluding hydrogens is 765 g/mol. The first kappa shape index (κ1) is 58.6. The number of carbonyl (C=O) groups excluding carboxylic acids is 2. The molecule has 0 aliphatic carbocycles. The van der Waals surface area contributed by atoms with Crippen molar-refractivity contribution in [1.82, 2.24) is 0 Å². The van der Waals surface area contributed by atoms with Gasteiger partial charge in [-0.15, -0.1) is 0 Å². The molecule has 5 heteroatoms. The fourth-order valence-electron chi connectivity index (χ4n) is 6.55. The van der Waals surface area contributed by atoms with Crippen LogP contribution in [0, 0.1) is 0 Å². The topological polar surface area (TPSA) is 61.8 Å². The maximum atomic E-state index is 12.8. The van der Waals surface area contributed by atoms with Crippen LogP contribution < -0.4 is 0 Å². The number of carbonyl (C=O) groups is 2. The molecule has 62 heavy (non-hydrogen) atoms. The van der Waals surface area contributed by atoms with E-state index in [4.69, 9.17) is 14.2 Å². The average molecular weight is 859 g/mol. The lowest BCUT2D eigenvalue weighted by molar-refractivity contribution is -0.163. The molecule has 5 nitrogen and oxygen atoms in total. The molecule has 0 amide bonds. The number of hydrogen-bond acceptors (Lipinski definition) is 5. The Morgan fingerprint density at radius 1 is 0.371 bits per heavy atom. The van der Waals surface area contributed by atoms with Crippen LogP contribution in [0.25, 0.3) is 0 Å². The normalized spacial score (nSPS) is 13.1. The predicted octanol–water partition coefficient (Wildman–Crippen LogP) is 17.2. The zero-order valence-electron chi connectivity index (χ0n) is 40.3. The summed E-state index contributed by atoms with van der Waals surface area (Å²) in [5.74, 6) is -0.488. The highest BCUT2D eigenvalue weighted by atomic mass is 16.6. The Hall–Kier alpha value is -3.44. The van der Waals surface area contributed by atoms with E-state index in [1.165, 1.54) is 70.6 Å². The summed E-state index contributed by atoms with van der Waals surface area (Å²) < 4.78 is 17.3. The molecule has 0 aromatic carbocycles. The van der Waals surface area contributed by atoms with E-state index in [0.29, 0.717) is 19.4 Å². The van der Waals surface area contributed by atoms with Crippen LogP contribution in [0.5, 0.6) is 0 Å². The average Bonchev–Trinajstić information content (AvgIpc) is 3.27. The first-order valence-corrected chi connectivity index (χ1v) is 25.4. The number of allylic oxidation sites excluding steroid dienone is 18. The molecule has 0 fully saturated rings. The maximum absolute atomic E-state index is 12.8. The van der Waals surface area contributed by atoms with Crippen LogP contribution in [0.3, 0.4) is 0 Å². The second-order valence-electron chi connectivity index (χ2n) is 16.3. The van der Waals surface area contributed by atoms with Crippen molar-refractivity contribution in [2.75, 3.05) is 19.8 Å². The Bertz CT molecular complexity index is 1250. The minimum Gasteiger partial charge on any atom is -0.462 e. The highest BCUT2D eigenvalue weighted by molar-refractivity contribution is 5.70. The molecule has 0 rings (SSSR count). The molecule has 0 radical (unpaired) electrons. The van der Waals surface area contributed by atoms with Crippen LogP contribution in [0.1, 0.15) is 213 Å². The first-order valence-electron chi connectivity index (χ1n) is 25.4. The van der Waals surface area contributed by atoms with Gasteiger partial charge in [0.25, 0.3) is 0 Å². The van der Waals surface area contributed by atoms with Crippen molar-refractivity contribution >= 4 is 11.9 Å². The second kappa shape index (κ2) is 51.9. The Morgan fingerprint density at radius 2 is 0.742 bits per heavy atom. The van der Waals surface area contributed by atoms with E-state index in [1.807, 2.05) is 0 Å². The Balaban J connectivity index is 4.41. The molecule has 0 aromatic rings. The van der Waals surface area contributed by atoms with Crippen molar-refractivity contribution < 1.29 is 23.8 Å². The van der Waals surface area contributed by atoms with Gasteiger partial charge in [0.05, 0.1) is 6.61 Å². The van der Waals surface area contributed by atoms with Crippen molar-refractivity contribution in [2.24, 2.45) is 0 Å². The zero-order chi connectivity index (χ0) is 44.9.